The Morgan fingerprint density at radius 3 is 2.81 bits per heavy atom. The molecule has 3 heteroatoms. The zero-order chi connectivity index (χ0) is 11.8. The number of nitrogens with two attached hydrogens (primary N) is 1. The van der Waals surface area contributed by atoms with Gasteiger partial charge in [-0.1, -0.05) is 31.1 Å². The van der Waals surface area contributed by atoms with Gasteiger partial charge in [-0.3, -0.25) is 4.79 Å². The summed E-state index contributed by atoms with van der Waals surface area (Å²) in [6.07, 6.45) is 11.7. The molecule has 1 saturated carbocycles. The van der Waals surface area contributed by atoms with Gasteiger partial charge in [-0.25, -0.2) is 0 Å². The number of hydrogen-bond acceptors (Lipinski definition) is 2. The van der Waals surface area contributed by atoms with E-state index in [9.17, 15) is 4.79 Å². The molecule has 0 aromatic heterocycles. The Hall–Kier alpha value is -1.09. The third-order valence-corrected chi connectivity index (χ3v) is 3.09. The standard InChI is InChI=1S/C13H22N2O/c1-2-3-4-9-13(16)15-12-8-6-5-7-11(12)10-14/h2-4,9,11-12H,5-8,10,14H2,1H3,(H,15,16). The predicted molar refractivity (Wildman–Crippen MR) is 66.9 cm³/mol. The first-order valence-corrected chi connectivity index (χ1v) is 6.08. The third-order valence-electron chi connectivity index (χ3n) is 3.09. The molecule has 0 aromatic carbocycles. The fourth-order valence-electron chi connectivity index (χ4n) is 2.16. The Morgan fingerprint density at radius 2 is 2.12 bits per heavy atom. The summed E-state index contributed by atoms with van der Waals surface area (Å²) in [5.74, 6) is 0.441. The summed E-state index contributed by atoms with van der Waals surface area (Å²) in [5, 5.41) is 3.04. The van der Waals surface area contributed by atoms with Crippen molar-refractivity contribution in [1.82, 2.24) is 5.32 Å². The van der Waals surface area contributed by atoms with E-state index in [1.807, 2.05) is 19.1 Å². The fraction of sp³-hybridized carbons (Fsp3) is 0.615. The van der Waals surface area contributed by atoms with Crippen LogP contribution in [0.25, 0.3) is 0 Å². The average Bonchev–Trinajstić information content (AvgIpc) is 2.30. The zero-order valence-electron chi connectivity index (χ0n) is 9.99. The molecule has 3 N–H and O–H groups in total. The molecule has 0 spiro atoms. The second-order valence-electron chi connectivity index (χ2n) is 4.28. The Labute approximate surface area is 97.8 Å². The lowest BCUT2D eigenvalue weighted by atomic mass is 9.84. The molecule has 1 fully saturated rings. The number of carbonyl (C=O) groups is 1. The van der Waals surface area contributed by atoms with E-state index in [1.165, 1.54) is 12.8 Å². The van der Waals surface area contributed by atoms with Crippen LogP contribution in [0.1, 0.15) is 32.6 Å². The Kier molecular flexibility index (Phi) is 5.86. The zero-order valence-corrected chi connectivity index (χ0v) is 9.99. The van der Waals surface area contributed by atoms with E-state index < -0.39 is 0 Å². The van der Waals surface area contributed by atoms with Crippen LogP contribution in [-0.2, 0) is 4.79 Å². The predicted octanol–water partition coefficient (Wildman–Crippen LogP) is 1.75. The van der Waals surface area contributed by atoms with Gasteiger partial charge in [0, 0.05) is 12.1 Å². The molecule has 2 unspecified atom stereocenters. The summed E-state index contributed by atoms with van der Waals surface area (Å²) in [4.78, 5) is 11.6. The van der Waals surface area contributed by atoms with Gasteiger partial charge in [0.15, 0.2) is 0 Å². The summed E-state index contributed by atoms with van der Waals surface area (Å²) < 4.78 is 0. The molecule has 0 radical (unpaired) electrons. The van der Waals surface area contributed by atoms with Crippen molar-refractivity contribution in [2.45, 2.75) is 38.6 Å². The molecule has 1 aliphatic rings. The van der Waals surface area contributed by atoms with Gasteiger partial charge in [0.05, 0.1) is 0 Å². The summed E-state index contributed by atoms with van der Waals surface area (Å²) >= 11 is 0. The lowest BCUT2D eigenvalue weighted by Gasteiger charge is -2.30. The van der Waals surface area contributed by atoms with Crippen molar-refractivity contribution in [2.24, 2.45) is 11.7 Å². The van der Waals surface area contributed by atoms with Crippen LogP contribution < -0.4 is 11.1 Å². The maximum Gasteiger partial charge on any atom is 0.244 e. The van der Waals surface area contributed by atoms with Crippen LogP contribution in [0, 0.1) is 5.92 Å². The van der Waals surface area contributed by atoms with Crippen LogP contribution in [0.2, 0.25) is 0 Å². The molecule has 0 aliphatic heterocycles. The molecule has 1 amide bonds. The highest BCUT2D eigenvalue weighted by molar-refractivity contribution is 5.88. The summed E-state index contributed by atoms with van der Waals surface area (Å²) in [7, 11) is 0. The quantitative estimate of drug-likeness (QED) is 0.562. The van der Waals surface area contributed by atoms with Crippen LogP contribution in [0.15, 0.2) is 24.3 Å². The Bertz CT molecular complexity index is 271. The van der Waals surface area contributed by atoms with Gasteiger partial charge >= 0.3 is 0 Å². The van der Waals surface area contributed by atoms with E-state index in [2.05, 4.69) is 5.32 Å². The van der Waals surface area contributed by atoms with E-state index in [-0.39, 0.29) is 11.9 Å². The van der Waals surface area contributed by atoms with Gasteiger partial charge in [0.1, 0.15) is 0 Å². The van der Waals surface area contributed by atoms with Gasteiger partial charge in [0.2, 0.25) is 5.91 Å². The summed E-state index contributed by atoms with van der Waals surface area (Å²) in [5.41, 5.74) is 5.71. The van der Waals surface area contributed by atoms with Crippen LogP contribution >= 0.6 is 0 Å². The molecule has 1 aliphatic carbocycles. The van der Waals surface area contributed by atoms with Gasteiger partial charge in [-0.2, -0.15) is 0 Å². The minimum absolute atomic E-state index is 0.0107. The minimum Gasteiger partial charge on any atom is -0.349 e. The molecule has 0 saturated heterocycles. The van der Waals surface area contributed by atoms with E-state index in [4.69, 9.17) is 5.73 Å². The first kappa shape index (κ1) is 13.0. The van der Waals surface area contributed by atoms with E-state index >= 15 is 0 Å². The van der Waals surface area contributed by atoms with Gasteiger partial charge < -0.3 is 11.1 Å². The number of hydrogen-bond donors (Lipinski definition) is 2. The highest BCUT2D eigenvalue weighted by Crippen LogP contribution is 2.23. The Balaban J connectivity index is 2.41. The largest absolute Gasteiger partial charge is 0.349 e. The van der Waals surface area contributed by atoms with Crippen molar-refractivity contribution >= 4 is 5.91 Å². The van der Waals surface area contributed by atoms with E-state index in [1.54, 1.807) is 12.2 Å². The molecular formula is C13H22N2O. The summed E-state index contributed by atoms with van der Waals surface area (Å²) in [6, 6.07) is 0.265. The second-order valence-corrected chi connectivity index (χ2v) is 4.28. The lowest BCUT2D eigenvalue weighted by molar-refractivity contribution is -0.117. The lowest BCUT2D eigenvalue weighted by Crippen LogP contribution is -2.44. The molecular weight excluding hydrogens is 200 g/mol. The summed E-state index contributed by atoms with van der Waals surface area (Å²) in [6.45, 7) is 2.59. The number of carbonyl (C=O) groups excluding carboxylic acids is 1. The van der Waals surface area contributed by atoms with Crippen molar-refractivity contribution < 1.29 is 4.79 Å². The van der Waals surface area contributed by atoms with Gasteiger partial charge in [-0.15, -0.1) is 0 Å². The van der Waals surface area contributed by atoms with Crippen LogP contribution in [0.5, 0.6) is 0 Å². The van der Waals surface area contributed by atoms with Crippen LogP contribution in [-0.4, -0.2) is 18.5 Å². The molecule has 0 bridgehead atoms. The molecule has 3 nitrogen and oxygen atoms in total. The number of allylic oxidation sites excluding steroid dienone is 3. The average molecular weight is 222 g/mol. The number of rotatable bonds is 4. The molecule has 16 heavy (non-hydrogen) atoms. The normalized spacial score (nSPS) is 26.4. The van der Waals surface area contributed by atoms with Crippen molar-refractivity contribution in [3.63, 3.8) is 0 Å². The van der Waals surface area contributed by atoms with Gasteiger partial charge in [-0.05, 0) is 32.2 Å². The third kappa shape index (κ3) is 4.19. The highest BCUT2D eigenvalue weighted by atomic mass is 16.1. The van der Waals surface area contributed by atoms with Crippen molar-refractivity contribution in [1.29, 1.82) is 0 Å². The van der Waals surface area contributed by atoms with Crippen LogP contribution in [0.3, 0.4) is 0 Å². The van der Waals surface area contributed by atoms with Gasteiger partial charge in [0.25, 0.3) is 0 Å². The topological polar surface area (TPSA) is 55.1 Å². The monoisotopic (exact) mass is 222 g/mol. The molecule has 0 aromatic rings. The number of nitrogens with one attached hydrogen (secondary N) is 1. The van der Waals surface area contributed by atoms with Crippen molar-refractivity contribution in [2.75, 3.05) is 6.54 Å². The van der Waals surface area contributed by atoms with Crippen LogP contribution in [0.4, 0.5) is 0 Å². The minimum atomic E-state index is -0.0107. The first-order chi connectivity index (χ1) is 7.77. The molecule has 2 atom stereocenters. The van der Waals surface area contributed by atoms with E-state index in [0.717, 1.165) is 12.8 Å². The number of amides is 1. The highest BCUT2D eigenvalue weighted by Gasteiger charge is 2.24. The fourth-order valence-corrected chi connectivity index (χ4v) is 2.16. The first-order valence-electron chi connectivity index (χ1n) is 6.08. The maximum absolute atomic E-state index is 11.6. The maximum atomic E-state index is 11.6. The molecule has 90 valence electrons. The van der Waals surface area contributed by atoms with E-state index in [0.29, 0.717) is 12.5 Å². The smallest absolute Gasteiger partial charge is 0.244 e. The molecule has 0 heterocycles. The second kappa shape index (κ2) is 7.23. The molecule has 1 rings (SSSR count). The SMILES string of the molecule is CC=CC=CC(=O)NC1CCCCC1CN. The van der Waals surface area contributed by atoms with Crippen molar-refractivity contribution in [3.05, 3.63) is 24.3 Å². The van der Waals surface area contributed by atoms with Crippen molar-refractivity contribution in [3.8, 4) is 0 Å². The Morgan fingerprint density at radius 1 is 1.38 bits per heavy atom.